The van der Waals surface area contributed by atoms with Gasteiger partial charge in [0.15, 0.2) is 5.82 Å². The Morgan fingerprint density at radius 3 is 2.72 bits per heavy atom. The van der Waals surface area contributed by atoms with Gasteiger partial charge in [-0.1, -0.05) is 29.8 Å². The van der Waals surface area contributed by atoms with Crippen molar-refractivity contribution in [3.8, 4) is 0 Å². The molecule has 1 aromatic carbocycles. The fraction of sp³-hybridized carbons (Fsp3) is 0.385. The molecular weight excluding hydrogens is 248 g/mol. The third-order valence-corrected chi connectivity index (χ3v) is 3.21. The Balaban J connectivity index is 2.04. The second-order valence-electron chi connectivity index (χ2n) is 4.20. The summed E-state index contributed by atoms with van der Waals surface area (Å²) >= 11 is 6.13. The van der Waals surface area contributed by atoms with Crippen molar-refractivity contribution in [2.45, 2.75) is 19.3 Å². The van der Waals surface area contributed by atoms with E-state index in [-0.39, 0.29) is 0 Å². The molecule has 0 aliphatic heterocycles. The number of aryl methyl sites for hydroxylation is 3. The SMILES string of the molecule is Cn1nc(CCN)nc1CCc1ccccc1Cl. The van der Waals surface area contributed by atoms with Crippen molar-refractivity contribution in [1.29, 1.82) is 0 Å². The lowest BCUT2D eigenvalue weighted by Crippen LogP contribution is -2.04. The molecule has 0 unspecified atom stereocenters. The minimum absolute atomic E-state index is 0.577. The standard InChI is InChI=1S/C13H17ClN4/c1-18-13(16-12(17-18)8-9-15)7-6-10-4-2-3-5-11(10)14/h2-5H,6-9,15H2,1H3. The van der Waals surface area contributed by atoms with Crippen LogP contribution < -0.4 is 5.73 Å². The van der Waals surface area contributed by atoms with E-state index in [9.17, 15) is 0 Å². The summed E-state index contributed by atoms with van der Waals surface area (Å²) in [4.78, 5) is 4.47. The molecule has 0 atom stereocenters. The molecule has 2 N–H and O–H groups in total. The van der Waals surface area contributed by atoms with Crippen molar-refractivity contribution in [3.05, 3.63) is 46.5 Å². The van der Waals surface area contributed by atoms with Crippen molar-refractivity contribution in [1.82, 2.24) is 14.8 Å². The molecule has 1 aromatic heterocycles. The van der Waals surface area contributed by atoms with Crippen LogP contribution in [0.1, 0.15) is 17.2 Å². The van der Waals surface area contributed by atoms with E-state index in [1.807, 2.05) is 36.0 Å². The Labute approximate surface area is 112 Å². The predicted octanol–water partition coefficient (Wildman–Crippen LogP) is 1.75. The number of nitrogens with zero attached hydrogens (tertiary/aromatic N) is 3. The van der Waals surface area contributed by atoms with E-state index in [0.29, 0.717) is 6.54 Å². The maximum Gasteiger partial charge on any atom is 0.152 e. The van der Waals surface area contributed by atoms with Crippen LogP contribution >= 0.6 is 11.6 Å². The zero-order valence-electron chi connectivity index (χ0n) is 10.4. The molecule has 4 nitrogen and oxygen atoms in total. The number of nitrogens with two attached hydrogens (primary N) is 1. The largest absolute Gasteiger partial charge is 0.330 e. The normalized spacial score (nSPS) is 10.8. The van der Waals surface area contributed by atoms with Crippen molar-refractivity contribution >= 4 is 11.6 Å². The van der Waals surface area contributed by atoms with Crippen molar-refractivity contribution < 1.29 is 0 Å². The molecule has 0 aliphatic carbocycles. The number of benzene rings is 1. The van der Waals surface area contributed by atoms with Crippen molar-refractivity contribution in [2.24, 2.45) is 12.8 Å². The summed E-state index contributed by atoms with van der Waals surface area (Å²) in [5.74, 6) is 1.78. The van der Waals surface area contributed by atoms with Crippen LogP contribution in [-0.4, -0.2) is 21.3 Å². The average Bonchev–Trinajstić information content (AvgIpc) is 2.69. The molecule has 2 rings (SSSR count). The second kappa shape index (κ2) is 5.98. The van der Waals surface area contributed by atoms with Gasteiger partial charge in [-0.3, -0.25) is 4.68 Å². The van der Waals surface area contributed by atoms with Crippen LogP contribution in [0.3, 0.4) is 0 Å². The van der Waals surface area contributed by atoms with Gasteiger partial charge in [-0.25, -0.2) is 4.98 Å². The molecule has 2 aromatic rings. The molecule has 96 valence electrons. The molecule has 1 heterocycles. The molecule has 0 saturated carbocycles. The van der Waals surface area contributed by atoms with Gasteiger partial charge in [-0.15, -0.1) is 0 Å². The molecule has 0 aliphatic rings. The van der Waals surface area contributed by atoms with E-state index >= 15 is 0 Å². The van der Waals surface area contributed by atoms with Gasteiger partial charge in [0.2, 0.25) is 0 Å². The first-order valence-electron chi connectivity index (χ1n) is 6.03. The average molecular weight is 265 g/mol. The van der Waals surface area contributed by atoms with E-state index in [1.54, 1.807) is 0 Å². The van der Waals surface area contributed by atoms with Crippen LogP contribution in [0.4, 0.5) is 0 Å². The second-order valence-corrected chi connectivity index (χ2v) is 4.61. The molecule has 0 amide bonds. The van der Waals surface area contributed by atoms with E-state index in [1.165, 1.54) is 0 Å². The highest BCUT2D eigenvalue weighted by Crippen LogP contribution is 2.16. The lowest BCUT2D eigenvalue weighted by molar-refractivity contribution is 0.685. The summed E-state index contributed by atoms with van der Waals surface area (Å²) in [6.07, 6.45) is 2.42. The van der Waals surface area contributed by atoms with Gasteiger partial charge in [-0.05, 0) is 24.6 Å². The van der Waals surface area contributed by atoms with Gasteiger partial charge in [0.25, 0.3) is 0 Å². The maximum absolute atomic E-state index is 6.13. The van der Waals surface area contributed by atoms with Gasteiger partial charge < -0.3 is 5.73 Å². The van der Waals surface area contributed by atoms with E-state index in [4.69, 9.17) is 17.3 Å². The third-order valence-electron chi connectivity index (χ3n) is 2.84. The van der Waals surface area contributed by atoms with Crippen LogP contribution in [0.2, 0.25) is 5.02 Å². The summed E-state index contributed by atoms with van der Waals surface area (Å²) in [6, 6.07) is 7.89. The summed E-state index contributed by atoms with van der Waals surface area (Å²) in [5, 5.41) is 5.13. The Hall–Kier alpha value is -1.39. The number of hydrogen-bond donors (Lipinski definition) is 1. The molecular formula is C13H17ClN4. The monoisotopic (exact) mass is 264 g/mol. The van der Waals surface area contributed by atoms with Gasteiger partial charge in [0.1, 0.15) is 5.82 Å². The highest BCUT2D eigenvalue weighted by atomic mass is 35.5. The van der Waals surface area contributed by atoms with Crippen molar-refractivity contribution in [2.75, 3.05) is 6.54 Å². The fourth-order valence-corrected chi connectivity index (χ4v) is 2.11. The lowest BCUT2D eigenvalue weighted by Gasteiger charge is -2.03. The van der Waals surface area contributed by atoms with E-state index in [0.717, 1.165) is 41.5 Å². The quantitative estimate of drug-likeness (QED) is 0.895. The van der Waals surface area contributed by atoms with Crippen LogP contribution in [0, 0.1) is 0 Å². The number of halogens is 1. The Morgan fingerprint density at radius 1 is 1.22 bits per heavy atom. The molecule has 0 saturated heterocycles. The smallest absolute Gasteiger partial charge is 0.152 e. The Kier molecular flexibility index (Phi) is 4.33. The zero-order chi connectivity index (χ0) is 13.0. The molecule has 5 heteroatoms. The van der Waals surface area contributed by atoms with Crippen LogP contribution in [-0.2, 0) is 26.3 Å². The first-order valence-corrected chi connectivity index (χ1v) is 6.40. The first kappa shape index (κ1) is 13.1. The molecule has 0 spiro atoms. The first-order chi connectivity index (χ1) is 8.70. The van der Waals surface area contributed by atoms with Crippen LogP contribution in [0.25, 0.3) is 0 Å². The Morgan fingerprint density at radius 2 is 2.00 bits per heavy atom. The minimum atomic E-state index is 0.577. The summed E-state index contributed by atoms with van der Waals surface area (Å²) in [6.45, 7) is 0.577. The van der Waals surface area contributed by atoms with Crippen molar-refractivity contribution in [3.63, 3.8) is 0 Å². The van der Waals surface area contributed by atoms with E-state index < -0.39 is 0 Å². The minimum Gasteiger partial charge on any atom is -0.330 e. The van der Waals surface area contributed by atoms with Gasteiger partial charge in [-0.2, -0.15) is 5.10 Å². The number of rotatable bonds is 5. The lowest BCUT2D eigenvalue weighted by atomic mass is 10.1. The molecule has 0 fully saturated rings. The topological polar surface area (TPSA) is 56.7 Å². The Bertz CT molecular complexity index is 521. The summed E-state index contributed by atoms with van der Waals surface area (Å²) in [5.41, 5.74) is 6.64. The fourth-order valence-electron chi connectivity index (χ4n) is 1.87. The zero-order valence-corrected chi connectivity index (χ0v) is 11.2. The summed E-state index contributed by atoms with van der Waals surface area (Å²) < 4.78 is 1.82. The van der Waals surface area contributed by atoms with Gasteiger partial charge >= 0.3 is 0 Å². The maximum atomic E-state index is 6.13. The summed E-state index contributed by atoms with van der Waals surface area (Å²) in [7, 11) is 1.91. The molecule has 18 heavy (non-hydrogen) atoms. The number of aromatic nitrogens is 3. The van der Waals surface area contributed by atoms with Crippen LogP contribution in [0.5, 0.6) is 0 Å². The molecule has 0 radical (unpaired) electrons. The van der Waals surface area contributed by atoms with Gasteiger partial charge in [0, 0.05) is 24.9 Å². The van der Waals surface area contributed by atoms with Gasteiger partial charge in [0.05, 0.1) is 0 Å². The van der Waals surface area contributed by atoms with Crippen LogP contribution in [0.15, 0.2) is 24.3 Å². The molecule has 0 bridgehead atoms. The predicted molar refractivity (Wildman–Crippen MR) is 72.6 cm³/mol. The highest BCUT2D eigenvalue weighted by molar-refractivity contribution is 6.31. The third kappa shape index (κ3) is 3.09. The highest BCUT2D eigenvalue weighted by Gasteiger charge is 2.07. The van der Waals surface area contributed by atoms with E-state index in [2.05, 4.69) is 10.1 Å². The number of hydrogen-bond acceptors (Lipinski definition) is 3.